The standard InChI is InChI=1S/C13H11N3O3/c17-11-6-9(7-11)13-12(16(18)19)8-15(14-13)10-4-2-1-3-5-10/h1-5,8-9H,6-7H2. The number of hydrogen-bond donors (Lipinski definition) is 0. The molecule has 1 heterocycles. The molecule has 1 aromatic heterocycles. The number of carbonyl (C=O) groups is 1. The van der Waals surface area contributed by atoms with Crippen LogP contribution in [0.2, 0.25) is 0 Å². The van der Waals surface area contributed by atoms with Crippen molar-refractivity contribution < 1.29 is 9.72 Å². The van der Waals surface area contributed by atoms with Crippen LogP contribution in [0.25, 0.3) is 5.69 Å². The van der Waals surface area contributed by atoms with E-state index in [-0.39, 0.29) is 17.4 Å². The van der Waals surface area contributed by atoms with Gasteiger partial charge in [0.05, 0.1) is 10.6 Å². The lowest BCUT2D eigenvalue weighted by atomic mass is 9.81. The zero-order valence-electron chi connectivity index (χ0n) is 10.0. The van der Waals surface area contributed by atoms with E-state index in [2.05, 4.69) is 5.10 Å². The van der Waals surface area contributed by atoms with Crippen molar-refractivity contribution in [2.75, 3.05) is 0 Å². The van der Waals surface area contributed by atoms with Gasteiger partial charge in [0.2, 0.25) is 0 Å². The van der Waals surface area contributed by atoms with Crippen molar-refractivity contribution in [3.63, 3.8) is 0 Å². The van der Waals surface area contributed by atoms with E-state index in [4.69, 9.17) is 0 Å². The molecule has 0 radical (unpaired) electrons. The van der Waals surface area contributed by atoms with Crippen LogP contribution in [0.1, 0.15) is 24.5 Å². The van der Waals surface area contributed by atoms with Crippen LogP contribution in [-0.2, 0) is 4.79 Å². The largest absolute Gasteiger partial charge is 0.310 e. The van der Waals surface area contributed by atoms with Gasteiger partial charge in [-0.05, 0) is 12.1 Å². The maximum absolute atomic E-state index is 11.1. The van der Waals surface area contributed by atoms with Crippen molar-refractivity contribution in [3.8, 4) is 5.69 Å². The van der Waals surface area contributed by atoms with Gasteiger partial charge in [0.15, 0.2) is 0 Å². The van der Waals surface area contributed by atoms with E-state index in [0.717, 1.165) is 5.69 Å². The van der Waals surface area contributed by atoms with Crippen molar-refractivity contribution in [2.45, 2.75) is 18.8 Å². The predicted octanol–water partition coefficient (Wildman–Crippen LogP) is 2.23. The minimum absolute atomic E-state index is 0.0126. The Balaban J connectivity index is 2.02. The molecule has 0 amide bonds. The number of carbonyl (C=O) groups excluding carboxylic acids is 1. The molecule has 2 aromatic rings. The van der Waals surface area contributed by atoms with Crippen molar-refractivity contribution >= 4 is 11.5 Å². The van der Waals surface area contributed by atoms with Crippen LogP contribution in [0.5, 0.6) is 0 Å². The third-order valence-corrected chi connectivity index (χ3v) is 3.27. The number of benzene rings is 1. The van der Waals surface area contributed by atoms with Crippen LogP contribution in [0.15, 0.2) is 36.5 Å². The van der Waals surface area contributed by atoms with Crippen molar-refractivity contribution in [1.82, 2.24) is 9.78 Å². The molecule has 96 valence electrons. The smallest absolute Gasteiger partial charge is 0.300 e. The summed E-state index contributed by atoms with van der Waals surface area (Å²) in [5.41, 5.74) is 1.16. The van der Waals surface area contributed by atoms with Crippen LogP contribution in [-0.4, -0.2) is 20.5 Å². The summed E-state index contributed by atoms with van der Waals surface area (Å²) in [6.45, 7) is 0. The van der Waals surface area contributed by atoms with Crippen LogP contribution < -0.4 is 0 Å². The summed E-state index contributed by atoms with van der Waals surface area (Å²) < 4.78 is 1.50. The Hall–Kier alpha value is -2.50. The molecular weight excluding hydrogens is 246 g/mol. The lowest BCUT2D eigenvalue weighted by molar-refractivity contribution is -0.385. The van der Waals surface area contributed by atoms with Gasteiger partial charge in [-0.25, -0.2) is 4.68 Å². The van der Waals surface area contributed by atoms with Gasteiger partial charge in [0.1, 0.15) is 17.7 Å². The summed E-state index contributed by atoms with van der Waals surface area (Å²) in [6, 6.07) is 9.20. The van der Waals surface area contributed by atoms with E-state index in [9.17, 15) is 14.9 Å². The molecule has 19 heavy (non-hydrogen) atoms. The Morgan fingerprint density at radius 3 is 2.53 bits per heavy atom. The van der Waals surface area contributed by atoms with Crippen LogP contribution >= 0.6 is 0 Å². The molecule has 1 saturated carbocycles. The van der Waals surface area contributed by atoms with Gasteiger partial charge < -0.3 is 0 Å². The number of aromatic nitrogens is 2. The second-order valence-electron chi connectivity index (χ2n) is 4.58. The highest BCUT2D eigenvalue weighted by Gasteiger charge is 2.36. The van der Waals surface area contributed by atoms with E-state index in [1.807, 2.05) is 30.3 Å². The van der Waals surface area contributed by atoms with E-state index in [0.29, 0.717) is 18.5 Å². The monoisotopic (exact) mass is 257 g/mol. The summed E-state index contributed by atoms with van der Waals surface area (Å²) in [5.74, 6) is 0.0198. The summed E-state index contributed by atoms with van der Waals surface area (Å²) in [5, 5.41) is 15.3. The number of rotatable bonds is 3. The molecule has 0 spiro atoms. The summed E-state index contributed by atoms with van der Waals surface area (Å²) in [7, 11) is 0. The lowest BCUT2D eigenvalue weighted by Crippen LogP contribution is -2.22. The molecular formula is C13H11N3O3. The SMILES string of the molecule is O=C1CC(c2nn(-c3ccccc3)cc2[N+](=O)[O-])C1. The maximum atomic E-state index is 11.1. The highest BCUT2D eigenvalue weighted by molar-refractivity contribution is 5.86. The molecule has 1 aliphatic rings. The molecule has 0 bridgehead atoms. The van der Waals surface area contributed by atoms with E-state index < -0.39 is 4.92 Å². The zero-order chi connectivity index (χ0) is 13.4. The van der Waals surface area contributed by atoms with Crippen molar-refractivity contribution in [1.29, 1.82) is 0 Å². The molecule has 0 saturated heterocycles. The highest BCUT2D eigenvalue weighted by atomic mass is 16.6. The first kappa shape index (κ1) is 11.6. The molecule has 6 heteroatoms. The second-order valence-corrected chi connectivity index (χ2v) is 4.58. The Morgan fingerprint density at radius 1 is 1.26 bits per heavy atom. The third kappa shape index (κ3) is 2.01. The Bertz CT molecular complexity index is 640. The van der Waals surface area contributed by atoms with Gasteiger partial charge in [0.25, 0.3) is 0 Å². The van der Waals surface area contributed by atoms with Crippen LogP contribution in [0.3, 0.4) is 0 Å². The van der Waals surface area contributed by atoms with Crippen molar-refractivity contribution in [2.24, 2.45) is 0 Å². The molecule has 1 aliphatic carbocycles. The third-order valence-electron chi connectivity index (χ3n) is 3.27. The fourth-order valence-corrected chi connectivity index (χ4v) is 2.21. The van der Waals surface area contributed by atoms with E-state index in [1.165, 1.54) is 10.9 Å². The van der Waals surface area contributed by atoms with Gasteiger partial charge in [-0.3, -0.25) is 14.9 Å². The molecule has 0 aliphatic heterocycles. The van der Waals surface area contributed by atoms with Gasteiger partial charge in [-0.2, -0.15) is 5.10 Å². The Kier molecular flexibility index (Phi) is 2.63. The zero-order valence-corrected chi connectivity index (χ0v) is 10.0. The minimum atomic E-state index is -0.440. The lowest BCUT2D eigenvalue weighted by Gasteiger charge is -2.21. The maximum Gasteiger partial charge on any atom is 0.310 e. The number of nitro groups is 1. The average molecular weight is 257 g/mol. The van der Waals surface area contributed by atoms with E-state index in [1.54, 1.807) is 0 Å². The number of hydrogen-bond acceptors (Lipinski definition) is 4. The molecule has 0 N–H and O–H groups in total. The summed E-state index contributed by atoms with van der Waals surface area (Å²) >= 11 is 0. The molecule has 6 nitrogen and oxygen atoms in total. The topological polar surface area (TPSA) is 78.0 Å². The van der Waals surface area contributed by atoms with Gasteiger partial charge >= 0.3 is 5.69 Å². The normalized spacial score (nSPS) is 15.3. The van der Waals surface area contributed by atoms with Gasteiger partial charge in [0, 0.05) is 18.8 Å². The van der Waals surface area contributed by atoms with E-state index >= 15 is 0 Å². The predicted molar refractivity (Wildman–Crippen MR) is 67.2 cm³/mol. The summed E-state index contributed by atoms with van der Waals surface area (Å²) in [6.07, 6.45) is 2.12. The van der Waals surface area contributed by atoms with Crippen molar-refractivity contribution in [3.05, 3.63) is 52.3 Å². The molecule has 1 aromatic carbocycles. The number of Topliss-reactive ketones (excluding diaryl/α,β-unsaturated/α-hetero) is 1. The van der Waals surface area contributed by atoms with Gasteiger partial charge in [-0.1, -0.05) is 18.2 Å². The van der Waals surface area contributed by atoms with Crippen LogP contribution in [0, 0.1) is 10.1 Å². The minimum Gasteiger partial charge on any atom is -0.300 e. The van der Waals surface area contributed by atoms with Crippen LogP contribution in [0.4, 0.5) is 5.69 Å². The highest BCUT2D eigenvalue weighted by Crippen LogP contribution is 2.37. The fourth-order valence-electron chi connectivity index (χ4n) is 2.21. The molecule has 1 fully saturated rings. The first-order chi connectivity index (χ1) is 9.15. The molecule has 0 unspecified atom stereocenters. The fraction of sp³-hybridized carbons (Fsp3) is 0.231. The first-order valence-electron chi connectivity index (χ1n) is 5.96. The number of para-hydroxylation sites is 1. The Morgan fingerprint density at radius 2 is 1.95 bits per heavy atom. The second kappa shape index (κ2) is 4.31. The Labute approximate surface area is 108 Å². The number of ketones is 1. The number of nitrogens with zero attached hydrogens (tertiary/aromatic N) is 3. The quantitative estimate of drug-likeness (QED) is 0.624. The summed E-state index contributed by atoms with van der Waals surface area (Å²) in [4.78, 5) is 21.7. The molecule has 0 atom stereocenters. The van der Waals surface area contributed by atoms with Gasteiger partial charge in [-0.15, -0.1) is 0 Å². The average Bonchev–Trinajstić information content (AvgIpc) is 2.81. The molecule has 3 rings (SSSR count). The first-order valence-corrected chi connectivity index (χ1v) is 5.96.